The SMILES string of the molecule is O=C(Cc1ccccc1O)NCc1cccc(CCl)c1. The van der Waals surface area contributed by atoms with E-state index in [9.17, 15) is 9.90 Å². The van der Waals surface area contributed by atoms with E-state index in [1.807, 2.05) is 24.3 Å². The van der Waals surface area contributed by atoms with Crippen molar-refractivity contribution in [3.05, 3.63) is 65.2 Å². The lowest BCUT2D eigenvalue weighted by molar-refractivity contribution is -0.120. The number of alkyl halides is 1. The second-order valence-electron chi connectivity index (χ2n) is 4.54. The molecule has 0 radical (unpaired) electrons. The molecule has 0 aliphatic heterocycles. The fraction of sp³-hybridized carbons (Fsp3) is 0.188. The van der Waals surface area contributed by atoms with Crippen LogP contribution in [-0.2, 0) is 23.6 Å². The maximum atomic E-state index is 11.8. The van der Waals surface area contributed by atoms with E-state index < -0.39 is 0 Å². The van der Waals surface area contributed by atoms with Crippen LogP contribution in [-0.4, -0.2) is 11.0 Å². The van der Waals surface area contributed by atoms with E-state index in [1.165, 1.54) is 0 Å². The lowest BCUT2D eigenvalue weighted by Gasteiger charge is -2.07. The van der Waals surface area contributed by atoms with E-state index in [0.717, 1.165) is 11.1 Å². The van der Waals surface area contributed by atoms with Gasteiger partial charge in [-0.1, -0.05) is 42.5 Å². The summed E-state index contributed by atoms with van der Waals surface area (Å²) in [6.07, 6.45) is 0.169. The fourth-order valence-corrected chi connectivity index (χ4v) is 2.09. The van der Waals surface area contributed by atoms with Gasteiger partial charge in [0.15, 0.2) is 0 Å². The van der Waals surface area contributed by atoms with Gasteiger partial charge in [0.2, 0.25) is 5.91 Å². The molecule has 4 heteroatoms. The number of para-hydroxylation sites is 1. The van der Waals surface area contributed by atoms with Gasteiger partial charge in [0, 0.05) is 18.0 Å². The topological polar surface area (TPSA) is 49.3 Å². The number of hydrogen-bond acceptors (Lipinski definition) is 2. The molecule has 0 heterocycles. The second kappa shape index (κ2) is 6.96. The number of carbonyl (C=O) groups is 1. The first-order valence-corrected chi connectivity index (χ1v) is 6.90. The highest BCUT2D eigenvalue weighted by Gasteiger charge is 2.06. The number of halogens is 1. The number of amides is 1. The van der Waals surface area contributed by atoms with Crippen molar-refractivity contribution in [2.45, 2.75) is 18.8 Å². The van der Waals surface area contributed by atoms with Crippen molar-refractivity contribution >= 4 is 17.5 Å². The van der Waals surface area contributed by atoms with Gasteiger partial charge in [-0.15, -0.1) is 11.6 Å². The number of aromatic hydroxyl groups is 1. The standard InChI is InChI=1S/C16H16ClNO2/c17-10-12-4-3-5-13(8-12)11-18-16(20)9-14-6-1-2-7-15(14)19/h1-8,19H,9-11H2,(H,18,20). The van der Waals surface area contributed by atoms with Crippen LogP contribution >= 0.6 is 11.6 Å². The van der Waals surface area contributed by atoms with Crippen LogP contribution in [0.2, 0.25) is 0 Å². The number of carbonyl (C=O) groups excluding carboxylic acids is 1. The number of benzene rings is 2. The molecule has 0 unspecified atom stereocenters. The zero-order valence-corrected chi connectivity index (χ0v) is 11.7. The van der Waals surface area contributed by atoms with Crippen LogP contribution in [0.5, 0.6) is 5.75 Å². The van der Waals surface area contributed by atoms with Crippen LogP contribution in [0.1, 0.15) is 16.7 Å². The quantitative estimate of drug-likeness (QED) is 0.832. The van der Waals surface area contributed by atoms with Crippen molar-refractivity contribution in [3.63, 3.8) is 0 Å². The molecular formula is C16H16ClNO2. The molecule has 0 atom stereocenters. The first-order valence-electron chi connectivity index (χ1n) is 6.36. The van der Waals surface area contributed by atoms with Gasteiger partial charge in [0.1, 0.15) is 5.75 Å². The van der Waals surface area contributed by atoms with Crippen LogP contribution < -0.4 is 5.32 Å². The third-order valence-electron chi connectivity index (χ3n) is 2.98. The zero-order chi connectivity index (χ0) is 14.4. The summed E-state index contributed by atoms with van der Waals surface area (Å²) in [6, 6.07) is 14.6. The molecule has 0 fully saturated rings. The maximum Gasteiger partial charge on any atom is 0.224 e. The summed E-state index contributed by atoms with van der Waals surface area (Å²) in [6.45, 7) is 0.456. The Labute approximate surface area is 123 Å². The van der Waals surface area contributed by atoms with Crippen LogP contribution in [0.25, 0.3) is 0 Å². The van der Waals surface area contributed by atoms with Crippen molar-refractivity contribution in [2.24, 2.45) is 0 Å². The van der Waals surface area contributed by atoms with Crippen molar-refractivity contribution in [1.29, 1.82) is 0 Å². The Morgan fingerprint density at radius 2 is 1.85 bits per heavy atom. The Morgan fingerprint density at radius 3 is 2.60 bits per heavy atom. The lowest BCUT2D eigenvalue weighted by atomic mass is 10.1. The molecule has 0 aliphatic rings. The van der Waals surface area contributed by atoms with Gasteiger partial charge in [0.25, 0.3) is 0 Å². The number of hydrogen-bond donors (Lipinski definition) is 2. The number of phenols is 1. The molecular weight excluding hydrogens is 274 g/mol. The summed E-state index contributed by atoms with van der Waals surface area (Å²) in [5.41, 5.74) is 2.66. The van der Waals surface area contributed by atoms with E-state index >= 15 is 0 Å². The molecule has 20 heavy (non-hydrogen) atoms. The zero-order valence-electron chi connectivity index (χ0n) is 11.0. The Balaban J connectivity index is 1.90. The predicted octanol–water partition coefficient (Wildman–Crippen LogP) is 2.99. The van der Waals surface area contributed by atoms with Gasteiger partial charge >= 0.3 is 0 Å². The van der Waals surface area contributed by atoms with Crippen molar-refractivity contribution in [3.8, 4) is 5.75 Å². The Hall–Kier alpha value is -2.00. The molecule has 104 valence electrons. The fourth-order valence-electron chi connectivity index (χ4n) is 1.92. The van der Waals surface area contributed by atoms with Crippen molar-refractivity contribution in [2.75, 3.05) is 0 Å². The van der Waals surface area contributed by atoms with Crippen LogP contribution in [0, 0.1) is 0 Å². The summed E-state index contributed by atoms with van der Waals surface area (Å²) in [5, 5.41) is 12.5. The first kappa shape index (κ1) is 14.4. The first-order chi connectivity index (χ1) is 9.69. The highest BCUT2D eigenvalue weighted by molar-refractivity contribution is 6.17. The molecule has 3 nitrogen and oxygen atoms in total. The summed E-state index contributed by atoms with van der Waals surface area (Å²) in [7, 11) is 0. The van der Waals surface area contributed by atoms with Gasteiger partial charge in [-0.2, -0.15) is 0 Å². The normalized spacial score (nSPS) is 10.2. The molecule has 0 aliphatic carbocycles. The van der Waals surface area contributed by atoms with Crippen LogP contribution in [0.3, 0.4) is 0 Å². The Morgan fingerprint density at radius 1 is 1.10 bits per heavy atom. The third kappa shape index (κ3) is 4.00. The van der Waals surface area contributed by atoms with Crippen molar-refractivity contribution in [1.82, 2.24) is 5.32 Å². The number of nitrogens with one attached hydrogen (secondary N) is 1. The molecule has 0 bridgehead atoms. The summed E-state index contributed by atoms with van der Waals surface area (Å²) >= 11 is 5.77. The van der Waals surface area contributed by atoms with E-state index in [0.29, 0.717) is 18.0 Å². The van der Waals surface area contributed by atoms with Gasteiger partial charge in [0.05, 0.1) is 6.42 Å². The number of phenolic OH excluding ortho intramolecular Hbond substituents is 1. The molecule has 0 aromatic heterocycles. The summed E-state index contributed by atoms with van der Waals surface area (Å²) in [5.74, 6) is 0.481. The van der Waals surface area contributed by atoms with Gasteiger partial charge < -0.3 is 10.4 Å². The minimum atomic E-state index is -0.122. The van der Waals surface area contributed by atoms with Crippen LogP contribution in [0.15, 0.2) is 48.5 Å². The highest BCUT2D eigenvalue weighted by Crippen LogP contribution is 2.16. The molecule has 0 saturated carbocycles. The molecule has 0 saturated heterocycles. The van der Waals surface area contributed by atoms with E-state index in [1.54, 1.807) is 24.3 Å². The number of rotatable bonds is 5. The second-order valence-corrected chi connectivity index (χ2v) is 4.80. The average Bonchev–Trinajstić information content (AvgIpc) is 2.48. The average molecular weight is 290 g/mol. The minimum absolute atomic E-state index is 0.122. The molecule has 2 rings (SSSR count). The Kier molecular flexibility index (Phi) is 5.02. The highest BCUT2D eigenvalue weighted by atomic mass is 35.5. The predicted molar refractivity (Wildman–Crippen MR) is 79.7 cm³/mol. The lowest BCUT2D eigenvalue weighted by Crippen LogP contribution is -2.24. The Bertz CT molecular complexity index is 599. The van der Waals surface area contributed by atoms with E-state index in [2.05, 4.69) is 5.32 Å². The molecule has 2 N–H and O–H groups in total. The molecule has 2 aromatic carbocycles. The molecule has 0 spiro atoms. The maximum absolute atomic E-state index is 11.8. The largest absolute Gasteiger partial charge is 0.508 e. The summed E-state index contributed by atoms with van der Waals surface area (Å²) < 4.78 is 0. The molecule has 2 aromatic rings. The summed E-state index contributed by atoms with van der Waals surface area (Å²) in [4.78, 5) is 11.8. The van der Waals surface area contributed by atoms with E-state index in [-0.39, 0.29) is 18.1 Å². The van der Waals surface area contributed by atoms with Crippen molar-refractivity contribution < 1.29 is 9.90 Å². The minimum Gasteiger partial charge on any atom is -0.508 e. The third-order valence-corrected chi connectivity index (χ3v) is 3.29. The van der Waals surface area contributed by atoms with E-state index in [4.69, 9.17) is 11.6 Å². The van der Waals surface area contributed by atoms with Gasteiger partial charge in [-0.3, -0.25) is 4.79 Å². The molecule has 1 amide bonds. The van der Waals surface area contributed by atoms with Gasteiger partial charge in [-0.05, 0) is 17.2 Å². The smallest absolute Gasteiger partial charge is 0.224 e. The van der Waals surface area contributed by atoms with Gasteiger partial charge in [-0.25, -0.2) is 0 Å². The monoisotopic (exact) mass is 289 g/mol. The van der Waals surface area contributed by atoms with Crippen LogP contribution in [0.4, 0.5) is 0 Å².